The molecule has 1 saturated heterocycles. The molecule has 1 fully saturated rings. The first-order valence-corrected chi connectivity index (χ1v) is 15.5. The second-order valence-electron chi connectivity index (χ2n) is 10.8. The second-order valence-corrected chi connectivity index (χ2v) is 11.6. The highest BCUT2D eigenvalue weighted by atomic mass is 35.5. The maximum absolute atomic E-state index is 12.5. The van der Waals surface area contributed by atoms with Crippen molar-refractivity contribution in [2.75, 3.05) is 57.2 Å². The Hall–Kier alpha value is -4.31. The molecule has 45 heavy (non-hydrogen) atoms. The minimum absolute atomic E-state index is 0.0448. The van der Waals surface area contributed by atoms with E-state index in [1.165, 1.54) is 6.08 Å². The van der Waals surface area contributed by atoms with Gasteiger partial charge in [-0.15, -0.1) is 0 Å². The first-order valence-electron chi connectivity index (χ1n) is 14.7. The first kappa shape index (κ1) is 30.7. The predicted octanol–water partition coefficient (Wildman–Crippen LogP) is 7.06. The lowest BCUT2D eigenvalue weighted by Crippen LogP contribution is -2.46. The van der Waals surface area contributed by atoms with Crippen molar-refractivity contribution in [2.45, 2.75) is 13.3 Å². The van der Waals surface area contributed by atoms with Gasteiger partial charge in [0, 0.05) is 91.2 Å². The zero-order valence-electron chi connectivity index (χ0n) is 25.4. The third-order valence-electron chi connectivity index (χ3n) is 8.32. The van der Waals surface area contributed by atoms with Crippen LogP contribution in [0.3, 0.4) is 0 Å². The molecule has 9 nitrogen and oxygen atoms in total. The standard InChI is InChI=1S/C34H34Cl2N6O3/c1-5-24(43)16-21-15-23(41-13-11-40(6-2)12-14-41)7-8-26(21)39-30-18-27-22(20-38-30)17-25(34-37-9-10-42(27)34)31-32(35)28(44-3)19-29(45-4)33(31)36/h5,7-10,15,17-20H,1,6,11-14,16H2,2-4H3,(H,38,39). The molecule has 0 aliphatic carbocycles. The van der Waals surface area contributed by atoms with Gasteiger partial charge in [0.05, 0.1) is 29.8 Å². The van der Waals surface area contributed by atoms with Crippen LogP contribution >= 0.6 is 23.2 Å². The number of allylic oxidation sites excluding steroid dienone is 1. The number of halogens is 2. The van der Waals surface area contributed by atoms with E-state index < -0.39 is 0 Å². The molecule has 0 spiro atoms. The number of piperazine rings is 1. The van der Waals surface area contributed by atoms with Crippen LogP contribution in [0.25, 0.3) is 27.7 Å². The van der Waals surface area contributed by atoms with E-state index >= 15 is 0 Å². The molecule has 1 N–H and O–H groups in total. The van der Waals surface area contributed by atoms with Crippen LogP contribution in [0.4, 0.5) is 17.2 Å². The average molecular weight is 646 g/mol. The van der Waals surface area contributed by atoms with Gasteiger partial charge in [0.2, 0.25) is 0 Å². The number of fused-ring (bicyclic) bond motifs is 3. The van der Waals surface area contributed by atoms with E-state index in [-0.39, 0.29) is 12.2 Å². The highest BCUT2D eigenvalue weighted by molar-refractivity contribution is 6.41. The Bertz CT molecular complexity index is 1890. The van der Waals surface area contributed by atoms with E-state index in [4.69, 9.17) is 37.7 Å². The Morgan fingerprint density at radius 1 is 1.02 bits per heavy atom. The Kier molecular flexibility index (Phi) is 8.85. The Balaban J connectivity index is 1.39. The highest BCUT2D eigenvalue weighted by Crippen LogP contribution is 2.47. The molecule has 5 aromatic rings. The number of carbonyl (C=O) groups excluding carboxylic acids is 1. The molecular formula is C34H34Cl2N6O3. The largest absolute Gasteiger partial charge is 0.495 e. The summed E-state index contributed by atoms with van der Waals surface area (Å²) in [6.45, 7) is 10.9. The van der Waals surface area contributed by atoms with Crippen molar-refractivity contribution in [3.8, 4) is 22.6 Å². The molecule has 2 aromatic carbocycles. The summed E-state index contributed by atoms with van der Waals surface area (Å²) in [6, 6.07) is 11.8. The number of hydrogen-bond donors (Lipinski definition) is 1. The predicted molar refractivity (Wildman–Crippen MR) is 182 cm³/mol. The van der Waals surface area contributed by atoms with Crippen LogP contribution in [0.1, 0.15) is 12.5 Å². The van der Waals surface area contributed by atoms with E-state index in [0.29, 0.717) is 44.1 Å². The van der Waals surface area contributed by atoms with Gasteiger partial charge >= 0.3 is 0 Å². The fourth-order valence-electron chi connectivity index (χ4n) is 5.83. The van der Waals surface area contributed by atoms with Crippen molar-refractivity contribution in [3.05, 3.63) is 83.3 Å². The van der Waals surface area contributed by atoms with Crippen LogP contribution in [-0.4, -0.2) is 72.0 Å². The van der Waals surface area contributed by atoms with Crippen molar-refractivity contribution in [1.29, 1.82) is 0 Å². The summed E-state index contributed by atoms with van der Waals surface area (Å²) in [5, 5.41) is 5.02. The monoisotopic (exact) mass is 644 g/mol. The van der Waals surface area contributed by atoms with Crippen LogP contribution in [-0.2, 0) is 11.2 Å². The van der Waals surface area contributed by atoms with Gasteiger partial charge in [-0.25, -0.2) is 9.97 Å². The zero-order chi connectivity index (χ0) is 31.7. The number of aromatic nitrogens is 3. The molecule has 1 aliphatic rings. The van der Waals surface area contributed by atoms with Crippen LogP contribution in [0.2, 0.25) is 10.0 Å². The summed E-state index contributed by atoms with van der Waals surface area (Å²) >= 11 is 13.6. The van der Waals surface area contributed by atoms with Gasteiger partial charge in [-0.1, -0.05) is 36.7 Å². The number of ketones is 1. The van der Waals surface area contributed by atoms with Crippen LogP contribution in [0.5, 0.6) is 11.5 Å². The molecule has 0 saturated carbocycles. The van der Waals surface area contributed by atoms with Gasteiger partial charge in [0.25, 0.3) is 0 Å². The third kappa shape index (κ3) is 5.91. The van der Waals surface area contributed by atoms with Crippen molar-refractivity contribution < 1.29 is 14.3 Å². The molecule has 0 unspecified atom stereocenters. The number of imidazole rings is 1. The molecule has 6 rings (SSSR count). The lowest BCUT2D eigenvalue weighted by Gasteiger charge is -2.35. The van der Waals surface area contributed by atoms with Gasteiger partial charge in [-0.2, -0.15) is 0 Å². The maximum atomic E-state index is 12.5. The summed E-state index contributed by atoms with van der Waals surface area (Å²) in [5.74, 6) is 1.46. The number of pyridine rings is 2. The van der Waals surface area contributed by atoms with Gasteiger partial charge in [-0.3, -0.25) is 9.20 Å². The molecule has 3 aromatic heterocycles. The Labute approximate surface area is 272 Å². The smallest absolute Gasteiger partial charge is 0.159 e. The number of ether oxygens (including phenoxy) is 2. The summed E-state index contributed by atoms with van der Waals surface area (Å²) < 4.78 is 13.0. The molecule has 4 heterocycles. The Morgan fingerprint density at radius 3 is 2.42 bits per heavy atom. The first-order chi connectivity index (χ1) is 21.8. The van der Waals surface area contributed by atoms with E-state index in [2.05, 4.69) is 45.7 Å². The van der Waals surface area contributed by atoms with Crippen LogP contribution in [0.15, 0.2) is 67.6 Å². The second kappa shape index (κ2) is 13.0. The number of nitrogens with one attached hydrogen (secondary N) is 1. The SMILES string of the molecule is C=CC(=O)Cc1cc(N2CCN(CC)CC2)ccc1Nc1cc2c(cn1)cc(-c1c(Cl)c(OC)cc(OC)c1Cl)c1nccn12. The van der Waals surface area contributed by atoms with Crippen molar-refractivity contribution in [1.82, 2.24) is 19.3 Å². The summed E-state index contributed by atoms with van der Waals surface area (Å²) in [6.07, 6.45) is 7.00. The lowest BCUT2D eigenvalue weighted by molar-refractivity contribution is -0.114. The number of hydrogen-bond acceptors (Lipinski definition) is 8. The normalized spacial score (nSPS) is 13.8. The molecule has 11 heteroatoms. The summed E-state index contributed by atoms with van der Waals surface area (Å²) in [4.78, 5) is 26.7. The molecule has 0 atom stereocenters. The number of rotatable bonds is 10. The van der Waals surface area contributed by atoms with E-state index in [1.807, 2.05) is 28.8 Å². The number of benzene rings is 2. The highest BCUT2D eigenvalue weighted by Gasteiger charge is 2.23. The molecule has 232 valence electrons. The van der Waals surface area contributed by atoms with Crippen LogP contribution in [0, 0.1) is 0 Å². The minimum Gasteiger partial charge on any atom is -0.495 e. The van der Waals surface area contributed by atoms with Gasteiger partial charge < -0.3 is 24.6 Å². The van der Waals surface area contributed by atoms with Crippen molar-refractivity contribution >= 4 is 62.7 Å². The van der Waals surface area contributed by atoms with Gasteiger partial charge in [-0.05, 0) is 42.4 Å². The average Bonchev–Trinajstić information content (AvgIpc) is 3.57. The van der Waals surface area contributed by atoms with E-state index in [1.54, 1.807) is 32.7 Å². The molecule has 1 aliphatic heterocycles. The zero-order valence-corrected chi connectivity index (χ0v) is 27.0. The fourth-order valence-corrected chi connectivity index (χ4v) is 6.54. The molecular weight excluding hydrogens is 611 g/mol. The number of nitrogens with zero attached hydrogens (tertiary/aromatic N) is 5. The summed E-state index contributed by atoms with van der Waals surface area (Å²) in [5.41, 5.74) is 5.60. The summed E-state index contributed by atoms with van der Waals surface area (Å²) in [7, 11) is 3.09. The van der Waals surface area contributed by atoms with Gasteiger partial charge in [0.15, 0.2) is 5.78 Å². The molecule has 0 radical (unpaired) electrons. The Morgan fingerprint density at radius 2 is 1.76 bits per heavy atom. The van der Waals surface area contributed by atoms with Crippen LogP contribution < -0.4 is 19.7 Å². The number of methoxy groups -OCH3 is 2. The van der Waals surface area contributed by atoms with Gasteiger partial charge in [0.1, 0.15) is 23.0 Å². The van der Waals surface area contributed by atoms with Crippen molar-refractivity contribution in [2.24, 2.45) is 0 Å². The minimum atomic E-state index is -0.0448. The maximum Gasteiger partial charge on any atom is 0.159 e. The van der Waals surface area contributed by atoms with Crippen molar-refractivity contribution in [3.63, 3.8) is 0 Å². The van der Waals surface area contributed by atoms with E-state index in [9.17, 15) is 4.79 Å². The molecule has 0 amide bonds. The number of anilines is 3. The number of carbonyl (C=O) groups is 1. The topological polar surface area (TPSA) is 84.2 Å². The quantitative estimate of drug-likeness (QED) is 0.162. The number of likely N-dealkylation sites (N-methyl/N-ethyl adjacent to an activating group) is 1. The van der Waals surface area contributed by atoms with E-state index in [0.717, 1.165) is 60.6 Å². The fraction of sp³-hybridized carbons (Fsp3) is 0.265. The lowest BCUT2D eigenvalue weighted by atomic mass is 10.0. The third-order valence-corrected chi connectivity index (χ3v) is 9.07. The molecule has 0 bridgehead atoms.